The average molecular weight is 466 g/mol. The fraction of sp³-hybridized carbons (Fsp3) is 0.364. The number of ether oxygens (including phenoxy) is 2. The molecule has 150 valence electrons. The molecule has 1 saturated heterocycles. The van der Waals surface area contributed by atoms with Crippen LogP contribution in [0.4, 0.5) is 0 Å². The fourth-order valence-corrected chi connectivity index (χ4v) is 3.96. The van der Waals surface area contributed by atoms with Crippen LogP contribution in [0.5, 0.6) is 11.5 Å². The van der Waals surface area contributed by atoms with Crippen molar-refractivity contribution in [2.75, 3.05) is 26.2 Å². The van der Waals surface area contributed by atoms with E-state index in [-0.39, 0.29) is 0 Å². The van der Waals surface area contributed by atoms with E-state index in [2.05, 4.69) is 45.3 Å². The summed E-state index contributed by atoms with van der Waals surface area (Å²) in [5.41, 5.74) is 2.17. The van der Waals surface area contributed by atoms with Crippen molar-refractivity contribution in [2.24, 2.45) is 5.92 Å². The lowest BCUT2D eigenvalue weighted by Gasteiger charge is -2.14. The first-order valence-electron chi connectivity index (χ1n) is 9.50. The number of hydrogen-bond acceptors (Lipinski definition) is 4. The molecule has 0 aliphatic carbocycles. The van der Waals surface area contributed by atoms with Crippen molar-refractivity contribution in [3.05, 3.63) is 69.7 Å². The van der Waals surface area contributed by atoms with E-state index < -0.39 is 0 Å². The molecule has 6 heteroatoms. The third-order valence-corrected chi connectivity index (χ3v) is 5.61. The van der Waals surface area contributed by atoms with Crippen molar-refractivity contribution in [1.29, 1.82) is 0 Å². The van der Waals surface area contributed by atoms with Crippen molar-refractivity contribution in [2.45, 2.75) is 19.6 Å². The van der Waals surface area contributed by atoms with Gasteiger partial charge in [-0.05, 0) is 61.8 Å². The Morgan fingerprint density at radius 3 is 2.75 bits per heavy atom. The van der Waals surface area contributed by atoms with E-state index in [0.29, 0.717) is 24.2 Å². The Hall–Kier alpha value is -1.53. The van der Waals surface area contributed by atoms with Gasteiger partial charge in [0.1, 0.15) is 24.7 Å². The summed E-state index contributed by atoms with van der Waals surface area (Å²) in [4.78, 5) is 0. The molecule has 0 radical (unpaired) electrons. The smallest absolute Gasteiger partial charge is 0.123 e. The van der Waals surface area contributed by atoms with Crippen molar-refractivity contribution >= 4 is 27.5 Å². The molecule has 3 rings (SSSR count). The van der Waals surface area contributed by atoms with Gasteiger partial charge in [-0.2, -0.15) is 0 Å². The summed E-state index contributed by atoms with van der Waals surface area (Å²) < 4.78 is 12.7. The quantitative estimate of drug-likeness (QED) is 0.488. The van der Waals surface area contributed by atoms with Gasteiger partial charge in [-0.15, -0.1) is 0 Å². The summed E-state index contributed by atoms with van der Waals surface area (Å²) in [5, 5.41) is 7.65. The molecular weight excluding hydrogens is 440 g/mol. The van der Waals surface area contributed by atoms with Crippen LogP contribution in [-0.2, 0) is 13.2 Å². The van der Waals surface area contributed by atoms with Gasteiger partial charge in [0.05, 0.1) is 0 Å². The zero-order chi connectivity index (χ0) is 19.8. The molecule has 2 aromatic carbocycles. The third-order valence-electron chi connectivity index (χ3n) is 4.64. The third kappa shape index (κ3) is 6.52. The second kappa shape index (κ2) is 10.9. The molecule has 1 fully saturated rings. The number of halogens is 2. The van der Waals surface area contributed by atoms with Crippen LogP contribution in [0, 0.1) is 5.92 Å². The zero-order valence-corrected chi connectivity index (χ0v) is 18.2. The fourth-order valence-electron chi connectivity index (χ4n) is 3.16. The lowest BCUT2D eigenvalue weighted by Crippen LogP contribution is -2.24. The van der Waals surface area contributed by atoms with Gasteiger partial charge in [-0.1, -0.05) is 46.3 Å². The first-order chi connectivity index (χ1) is 13.6. The summed E-state index contributed by atoms with van der Waals surface area (Å²) in [6, 6.07) is 11.7. The second-order valence-corrected chi connectivity index (χ2v) is 8.22. The largest absolute Gasteiger partial charge is 0.489 e. The van der Waals surface area contributed by atoms with E-state index in [9.17, 15) is 0 Å². The van der Waals surface area contributed by atoms with Crippen LogP contribution >= 0.6 is 27.5 Å². The van der Waals surface area contributed by atoms with Crippen LogP contribution in [0.25, 0.3) is 0 Å². The molecule has 4 nitrogen and oxygen atoms in total. The van der Waals surface area contributed by atoms with Gasteiger partial charge >= 0.3 is 0 Å². The summed E-state index contributed by atoms with van der Waals surface area (Å²) in [7, 11) is 0. The highest BCUT2D eigenvalue weighted by Gasteiger charge is 2.13. The predicted molar refractivity (Wildman–Crippen MR) is 118 cm³/mol. The van der Waals surface area contributed by atoms with Crippen LogP contribution in [-0.4, -0.2) is 26.2 Å². The highest BCUT2D eigenvalue weighted by molar-refractivity contribution is 9.10. The second-order valence-electron chi connectivity index (χ2n) is 6.93. The van der Waals surface area contributed by atoms with Crippen molar-refractivity contribution < 1.29 is 9.47 Å². The Bertz CT molecular complexity index is 794. The van der Waals surface area contributed by atoms with Gasteiger partial charge in [0, 0.05) is 27.7 Å². The summed E-state index contributed by atoms with van der Waals surface area (Å²) >= 11 is 9.55. The number of nitrogens with one attached hydrogen (secondary N) is 2. The molecule has 1 aliphatic rings. The van der Waals surface area contributed by atoms with Crippen molar-refractivity contribution in [3.63, 3.8) is 0 Å². The first-order valence-corrected chi connectivity index (χ1v) is 10.7. The summed E-state index contributed by atoms with van der Waals surface area (Å²) in [6.07, 6.45) is 2.98. The van der Waals surface area contributed by atoms with E-state index in [1.54, 1.807) is 6.08 Å². The van der Waals surface area contributed by atoms with E-state index in [1.807, 2.05) is 24.3 Å². The van der Waals surface area contributed by atoms with Gasteiger partial charge in [0.25, 0.3) is 0 Å². The van der Waals surface area contributed by atoms with Gasteiger partial charge in [0.15, 0.2) is 0 Å². The maximum atomic E-state index is 6.04. The molecule has 0 bridgehead atoms. The number of rotatable bonds is 10. The normalized spacial score (nSPS) is 16.1. The number of hydrogen-bond donors (Lipinski definition) is 2. The molecule has 1 atom stereocenters. The van der Waals surface area contributed by atoms with Crippen LogP contribution < -0.4 is 20.1 Å². The SMILES string of the molecule is C=CCOc1cc(CNCC2CCNC2)cc(OCc2ccc(Cl)cc2Br)c1. The molecule has 0 spiro atoms. The molecule has 1 aliphatic heterocycles. The van der Waals surface area contributed by atoms with Gasteiger partial charge in [-0.25, -0.2) is 0 Å². The minimum absolute atomic E-state index is 0.448. The van der Waals surface area contributed by atoms with Crippen LogP contribution in [0.3, 0.4) is 0 Å². The molecule has 2 aromatic rings. The lowest BCUT2D eigenvalue weighted by molar-refractivity contribution is 0.300. The Morgan fingerprint density at radius 1 is 1.21 bits per heavy atom. The molecule has 28 heavy (non-hydrogen) atoms. The van der Waals surface area contributed by atoms with Crippen LogP contribution in [0.15, 0.2) is 53.5 Å². The Labute approximate surface area is 180 Å². The Morgan fingerprint density at radius 2 is 2.04 bits per heavy atom. The van der Waals surface area contributed by atoms with Crippen molar-refractivity contribution in [3.8, 4) is 11.5 Å². The minimum Gasteiger partial charge on any atom is -0.489 e. The monoisotopic (exact) mass is 464 g/mol. The highest BCUT2D eigenvalue weighted by Crippen LogP contribution is 2.26. The molecule has 0 aromatic heterocycles. The van der Waals surface area contributed by atoms with Crippen LogP contribution in [0.2, 0.25) is 5.02 Å². The van der Waals surface area contributed by atoms with Gasteiger partial charge < -0.3 is 20.1 Å². The van der Waals surface area contributed by atoms with E-state index in [4.69, 9.17) is 21.1 Å². The molecule has 1 unspecified atom stereocenters. The molecule has 1 heterocycles. The highest BCUT2D eigenvalue weighted by atomic mass is 79.9. The summed E-state index contributed by atoms with van der Waals surface area (Å²) in [5.74, 6) is 2.27. The van der Waals surface area contributed by atoms with E-state index in [1.165, 1.54) is 6.42 Å². The molecule has 2 N–H and O–H groups in total. The molecule has 0 saturated carbocycles. The minimum atomic E-state index is 0.448. The zero-order valence-electron chi connectivity index (χ0n) is 15.8. The number of benzene rings is 2. The predicted octanol–water partition coefficient (Wildman–Crippen LogP) is 4.95. The standard InChI is InChI=1S/C22H26BrClN2O2/c1-2-7-27-20-8-17(14-26-13-16-5-6-25-12-16)9-21(11-20)28-15-18-3-4-19(24)10-22(18)23/h2-4,8-11,16,25-26H,1,5-7,12-15H2. The Kier molecular flexibility index (Phi) is 8.22. The average Bonchev–Trinajstić information content (AvgIpc) is 3.19. The summed E-state index contributed by atoms with van der Waals surface area (Å²) in [6.45, 7) is 8.64. The first kappa shape index (κ1) is 21.2. The Balaban J connectivity index is 1.64. The van der Waals surface area contributed by atoms with Crippen molar-refractivity contribution in [1.82, 2.24) is 10.6 Å². The maximum absolute atomic E-state index is 6.04. The van der Waals surface area contributed by atoms with Crippen LogP contribution in [0.1, 0.15) is 17.5 Å². The molecular formula is C22H26BrClN2O2. The van der Waals surface area contributed by atoms with Gasteiger partial charge in [0.2, 0.25) is 0 Å². The van der Waals surface area contributed by atoms with E-state index in [0.717, 1.165) is 53.3 Å². The molecule has 0 amide bonds. The topological polar surface area (TPSA) is 42.5 Å². The van der Waals surface area contributed by atoms with E-state index >= 15 is 0 Å². The van der Waals surface area contributed by atoms with Gasteiger partial charge in [-0.3, -0.25) is 0 Å². The lowest BCUT2D eigenvalue weighted by atomic mass is 10.1. The maximum Gasteiger partial charge on any atom is 0.123 e.